The Morgan fingerprint density at radius 1 is 1.20 bits per heavy atom. The summed E-state index contributed by atoms with van der Waals surface area (Å²) in [5.41, 5.74) is 7.19. The molecule has 0 saturated carbocycles. The molecule has 0 unspecified atom stereocenters. The van der Waals surface area contributed by atoms with Crippen LogP contribution in [-0.4, -0.2) is 24.5 Å². The molecule has 2 aliphatic rings. The van der Waals surface area contributed by atoms with Gasteiger partial charge in [0.1, 0.15) is 0 Å². The Hall–Kier alpha value is -2.07. The van der Waals surface area contributed by atoms with E-state index < -0.39 is 0 Å². The zero-order chi connectivity index (χ0) is 13.7. The summed E-state index contributed by atoms with van der Waals surface area (Å²) >= 11 is 0. The Labute approximate surface area is 117 Å². The van der Waals surface area contributed by atoms with Crippen LogP contribution in [0.4, 0.5) is 5.69 Å². The minimum Gasteiger partial charge on any atom is -0.358 e. The standard InChI is InChI=1S/C16H17N3O/c1-19-15-3-2-10(6-11(15)8-16(19)20)14-7-12-9-17-5-4-13(12)18-14/h2-3,6-7,17-18H,4-5,8-9H2,1H3. The summed E-state index contributed by atoms with van der Waals surface area (Å²) in [5, 5.41) is 3.39. The van der Waals surface area contributed by atoms with Crippen LogP contribution in [0.15, 0.2) is 24.3 Å². The SMILES string of the molecule is CN1C(=O)Cc2cc(-c3cc4c([nH]3)CCNC4)ccc21. The van der Waals surface area contributed by atoms with Gasteiger partial charge in [-0.3, -0.25) is 4.79 Å². The second kappa shape index (κ2) is 4.21. The van der Waals surface area contributed by atoms with Crippen molar-refractivity contribution in [3.8, 4) is 11.3 Å². The Bertz CT molecular complexity index is 678. The Morgan fingerprint density at radius 2 is 2.10 bits per heavy atom. The van der Waals surface area contributed by atoms with Crippen LogP contribution in [-0.2, 0) is 24.2 Å². The van der Waals surface area contributed by atoms with Gasteiger partial charge < -0.3 is 15.2 Å². The maximum absolute atomic E-state index is 11.7. The van der Waals surface area contributed by atoms with E-state index in [0.29, 0.717) is 6.42 Å². The zero-order valence-corrected chi connectivity index (χ0v) is 11.5. The summed E-state index contributed by atoms with van der Waals surface area (Å²) in [4.78, 5) is 17.0. The van der Waals surface area contributed by atoms with E-state index in [0.717, 1.165) is 36.5 Å². The molecule has 0 spiro atoms. The van der Waals surface area contributed by atoms with Crippen molar-refractivity contribution in [3.05, 3.63) is 41.1 Å². The van der Waals surface area contributed by atoms with Gasteiger partial charge in [0.25, 0.3) is 0 Å². The summed E-state index contributed by atoms with van der Waals surface area (Å²) in [5.74, 6) is 0.173. The van der Waals surface area contributed by atoms with Gasteiger partial charge in [-0.25, -0.2) is 0 Å². The first-order valence-corrected chi connectivity index (χ1v) is 7.04. The number of H-pyrrole nitrogens is 1. The lowest BCUT2D eigenvalue weighted by Gasteiger charge is -2.11. The van der Waals surface area contributed by atoms with Crippen molar-refractivity contribution in [1.82, 2.24) is 10.3 Å². The maximum atomic E-state index is 11.7. The first-order chi connectivity index (χ1) is 9.72. The molecular weight excluding hydrogens is 250 g/mol. The van der Waals surface area contributed by atoms with Crippen molar-refractivity contribution in [2.45, 2.75) is 19.4 Å². The molecule has 102 valence electrons. The first kappa shape index (κ1) is 11.7. The zero-order valence-electron chi connectivity index (χ0n) is 11.5. The molecule has 2 aromatic rings. The second-order valence-corrected chi connectivity index (χ2v) is 5.59. The van der Waals surface area contributed by atoms with Gasteiger partial charge in [-0.1, -0.05) is 6.07 Å². The third-order valence-corrected chi connectivity index (χ3v) is 4.33. The van der Waals surface area contributed by atoms with Crippen LogP contribution in [0, 0.1) is 0 Å². The van der Waals surface area contributed by atoms with E-state index in [1.807, 2.05) is 13.1 Å². The molecule has 0 aliphatic carbocycles. The fraction of sp³-hybridized carbons (Fsp3) is 0.312. The molecule has 0 radical (unpaired) electrons. The molecule has 2 N–H and O–H groups in total. The number of nitrogens with one attached hydrogen (secondary N) is 2. The third kappa shape index (κ3) is 1.68. The average Bonchev–Trinajstić information content (AvgIpc) is 3.01. The molecule has 0 fully saturated rings. The Kier molecular flexibility index (Phi) is 2.47. The van der Waals surface area contributed by atoms with Crippen molar-refractivity contribution in [3.63, 3.8) is 0 Å². The molecule has 3 heterocycles. The van der Waals surface area contributed by atoms with E-state index in [9.17, 15) is 4.79 Å². The highest BCUT2D eigenvalue weighted by Gasteiger charge is 2.24. The molecule has 0 saturated heterocycles. The van der Waals surface area contributed by atoms with Gasteiger partial charge in [0.2, 0.25) is 5.91 Å². The molecule has 4 nitrogen and oxygen atoms in total. The Balaban J connectivity index is 1.75. The van der Waals surface area contributed by atoms with E-state index in [4.69, 9.17) is 0 Å². The van der Waals surface area contributed by atoms with Gasteiger partial charge >= 0.3 is 0 Å². The van der Waals surface area contributed by atoms with Crippen LogP contribution < -0.4 is 10.2 Å². The monoisotopic (exact) mass is 267 g/mol. The van der Waals surface area contributed by atoms with Crippen molar-refractivity contribution in [2.24, 2.45) is 0 Å². The van der Waals surface area contributed by atoms with Gasteiger partial charge in [0, 0.05) is 43.6 Å². The number of fused-ring (bicyclic) bond motifs is 2. The van der Waals surface area contributed by atoms with Crippen molar-refractivity contribution in [2.75, 3.05) is 18.5 Å². The molecule has 4 rings (SSSR count). The minimum absolute atomic E-state index is 0.173. The molecule has 4 heteroatoms. The lowest BCUT2D eigenvalue weighted by molar-refractivity contribution is -0.117. The number of nitrogens with zero attached hydrogens (tertiary/aromatic N) is 1. The minimum atomic E-state index is 0.173. The number of likely N-dealkylation sites (N-methyl/N-ethyl adjacent to an activating group) is 1. The van der Waals surface area contributed by atoms with Crippen LogP contribution >= 0.6 is 0 Å². The summed E-state index contributed by atoms with van der Waals surface area (Å²) < 4.78 is 0. The van der Waals surface area contributed by atoms with Crippen LogP contribution in [0.1, 0.15) is 16.8 Å². The van der Waals surface area contributed by atoms with Gasteiger partial charge in [0.15, 0.2) is 0 Å². The number of hydrogen-bond acceptors (Lipinski definition) is 2. The van der Waals surface area contributed by atoms with E-state index in [2.05, 4.69) is 28.5 Å². The van der Waals surface area contributed by atoms with Gasteiger partial charge in [-0.2, -0.15) is 0 Å². The highest BCUT2D eigenvalue weighted by Crippen LogP contribution is 2.32. The topological polar surface area (TPSA) is 48.1 Å². The maximum Gasteiger partial charge on any atom is 0.231 e. The van der Waals surface area contributed by atoms with Crippen LogP contribution in [0.3, 0.4) is 0 Å². The first-order valence-electron chi connectivity index (χ1n) is 7.04. The lowest BCUT2D eigenvalue weighted by Crippen LogP contribution is -2.22. The van der Waals surface area contributed by atoms with Gasteiger partial charge in [-0.15, -0.1) is 0 Å². The summed E-state index contributed by atoms with van der Waals surface area (Å²) in [7, 11) is 1.84. The number of anilines is 1. The fourth-order valence-corrected chi connectivity index (χ4v) is 3.15. The number of amides is 1. The highest BCUT2D eigenvalue weighted by molar-refractivity contribution is 6.01. The van der Waals surface area contributed by atoms with Gasteiger partial charge in [-0.05, 0) is 34.9 Å². The largest absolute Gasteiger partial charge is 0.358 e. The summed E-state index contributed by atoms with van der Waals surface area (Å²) in [6.45, 7) is 1.98. The molecule has 20 heavy (non-hydrogen) atoms. The fourth-order valence-electron chi connectivity index (χ4n) is 3.15. The molecule has 0 bridgehead atoms. The molecule has 1 aromatic carbocycles. The van der Waals surface area contributed by atoms with Crippen LogP contribution in [0.25, 0.3) is 11.3 Å². The molecule has 1 amide bonds. The van der Waals surface area contributed by atoms with Crippen LogP contribution in [0.2, 0.25) is 0 Å². The summed E-state index contributed by atoms with van der Waals surface area (Å²) in [6, 6.07) is 8.51. The Morgan fingerprint density at radius 3 is 2.95 bits per heavy atom. The number of rotatable bonds is 1. The average molecular weight is 267 g/mol. The third-order valence-electron chi connectivity index (χ3n) is 4.33. The quantitative estimate of drug-likeness (QED) is 0.828. The molecular formula is C16H17N3O. The number of aromatic nitrogens is 1. The smallest absolute Gasteiger partial charge is 0.231 e. The lowest BCUT2D eigenvalue weighted by atomic mass is 10.1. The van der Waals surface area contributed by atoms with E-state index in [-0.39, 0.29) is 5.91 Å². The molecule has 1 aromatic heterocycles. The second-order valence-electron chi connectivity index (χ2n) is 5.59. The number of carbonyl (C=O) groups excluding carboxylic acids is 1. The number of hydrogen-bond donors (Lipinski definition) is 2. The predicted octanol–water partition coefficient (Wildman–Crippen LogP) is 1.85. The molecule has 0 atom stereocenters. The van der Waals surface area contributed by atoms with Crippen molar-refractivity contribution in [1.29, 1.82) is 0 Å². The highest BCUT2D eigenvalue weighted by atomic mass is 16.2. The van der Waals surface area contributed by atoms with Gasteiger partial charge in [0.05, 0.1) is 6.42 Å². The predicted molar refractivity (Wildman–Crippen MR) is 78.8 cm³/mol. The van der Waals surface area contributed by atoms with Crippen LogP contribution in [0.5, 0.6) is 0 Å². The molecule has 2 aliphatic heterocycles. The van der Waals surface area contributed by atoms with Crippen molar-refractivity contribution < 1.29 is 4.79 Å². The van der Waals surface area contributed by atoms with E-state index in [1.165, 1.54) is 16.8 Å². The van der Waals surface area contributed by atoms with Crippen molar-refractivity contribution >= 4 is 11.6 Å². The number of aromatic amines is 1. The van der Waals surface area contributed by atoms with E-state index in [1.54, 1.807) is 4.90 Å². The summed E-state index contributed by atoms with van der Waals surface area (Å²) in [6.07, 6.45) is 1.57. The number of benzene rings is 1. The number of carbonyl (C=O) groups is 1. The van der Waals surface area contributed by atoms with E-state index >= 15 is 0 Å². The normalized spacial score (nSPS) is 17.2.